The minimum absolute atomic E-state index is 0.0396. The maximum Gasteiger partial charge on any atom is 0.251 e. The Kier molecular flexibility index (Phi) is 6.48. The van der Waals surface area contributed by atoms with Gasteiger partial charge in [0, 0.05) is 47.8 Å². The van der Waals surface area contributed by atoms with Crippen molar-refractivity contribution in [3.63, 3.8) is 0 Å². The minimum atomic E-state index is -0.121. The van der Waals surface area contributed by atoms with Gasteiger partial charge in [0.1, 0.15) is 5.82 Å². The second-order valence-electron chi connectivity index (χ2n) is 8.55. The smallest absolute Gasteiger partial charge is 0.251 e. The van der Waals surface area contributed by atoms with E-state index in [0.29, 0.717) is 37.7 Å². The third-order valence-corrected chi connectivity index (χ3v) is 6.06. The lowest BCUT2D eigenvalue weighted by molar-refractivity contribution is -0.133. The van der Waals surface area contributed by atoms with Gasteiger partial charge in [-0.25, -0.2) is 19.6 Å². The molecule has 0 saturated carbocycles. The average Bonchev–Trinajstić information content (AvgIpc) is 3.07. The summed E-state index contributed by atoms with van der Waals surface area (Å²) in [6.07, 6.45) is 3.19. The standard InChI is InChI=1S/C24H29N7O2/c1-15-13-16(2)27-24(26-15)31-18(4)20(17(3)29-31)14-22(32)30-11-8-19(9-12-30)23(33)28-21-7-5-6-10-25-21/h5-7,10,13,19H,8-9,11-12,14H2,1-4H3,(H,25,28,33). The van der Waals surface area contributed by atoms with Crippen LogP contribution in [0.1, 0.15) is 41.2 Å². The lowest BCUT2D eigenvalue weighted by Gasteiger charge is -2.31. The van der Waals surface area contributed by atoms with Crippen molar-refractivity contribution in [2.45, 2.75) is 47.0 Å². The van der Waals surface area contributed by atoms with Gasteiger partial charge >= 0.3 is 0 Å². The van der Waals surface area contributed by atoms with Crippen LogP contribution in [0.3, 0.4) is 0 Å². The van der Waals surface area contributed by atoms with E-state index in [1.54, 1.807) is 16.9 Å². The zero-order valence-corrected chi connectivity index (χ0v) is 19.5. The first-order valence-corrected chi connectivity index (χ1v) is 11.2. The highest BCUT2D eigenvalue weighted by Crippen LogP contribution is 2.22. The Morgan fingerprint density at radius 2 is 1.76 bits per heavy atom. The number of carbonyl (C=O) groups excluding carboxylic acids is 2. The van der Waals surface area contributed by atoms with Crippen LogP contribution in [0.5, 0.6) is 0 Å². The molecule has 9 nitrogen and oxygen atoms in total. The molecule has 1 fully saturated rings. The highest BCUT2D eigenvalue weighted by Gasteiger charge is 2.28. The topological polar surface area (TPSA) is 106 Å². The molecule has 0 atom stereocenters. The number of piperidine rings is 1. The lowest BCUT2D eigenvalue weighted by atomic mass is 9.95. The molecule has 0 aromatic carbocycles. The van der Waals surface area contributed by atoms with Crippen LogP contribution in [-0.4, -0.2) is 54.5 Å². The number of aryl methyl sites for hydroxylation is 3. The molecule has 4 rings (SSSR count). The Morgan fingerprint density at radius 3 is 2.39 bits per heavy atom. The Balaban J connectivity index is 1.38. The molecular formula is C24H29N7O2. The van der Waals surface area contributed by atoms with Crippen molar-refractivity contribution in [2.24, 2.45) is 5.92 Å². The summed E-state index contributed by atoms with van der Waals surface area (Å²) in [6, 6.07) is 7.33. The van der Waals surface area contributed by atoms with Crippen LogP contribution in [-0.2, 0) is 16.0 Å². The lowest BCUT2D eigenvalue weighted by Crippen LogP contribution is -2.42. The molecule has 0 bridgehead atoms. The Hall–Kier alpha value is -3.62. The number of hydrogen-bond donors (Lipinski definition) is 1. The van der Waals surface area contributed by atoms with E-state index in [4.69, 9.17) is 0 Å². The number of aromatic nitrogens is 5. The van der Waals surface area contributed by atoms with E-state index in [2.05, 4.69) is 25.4 Å². The van der Waals surface area contributed by atoms with Crippen LogP contribution in [0, 0.1) is 33.6 Å². The van der Waals surface area contributed by atoms with Crippen molar-refractivity contribution < 1.29 is 9.59 Å². The number of likely N-dealkylation sites (tertiary alicyclic amines) is 1. The van der Waals surface area contributed by atoms with Gasteiger partial charge in [-0.1, -0.05) is 6.07 Å². The number of nitrogens with one attached hydrogen (secondary N) is 1. The molecule has 3 aromatic heterocycles. The highest BCUT2D eigenvalue weighted by atomic mass is 16.2. The van der Waals surface area contributed by atoms with E-state index in [0.717, 1.165) is 28.3 Å². The van der Waals surface area contributed by atoms with E-state index >= 15 is 0 Å². The maximum absolute atomic E-state index is 13.0. The van der Waals surface area contributed by atoms with Gasteiger partial charge in [0.05, 0.1) is 12.1 Å². The molecule has 1 aliphatic heterocycles. The number of anilines is 1. The molecule has 1 saturated heterocycles. The molecular weight excluding hydrogens is 418 g/mol. The van der Waals surface area contributed by atoms with Crippen LogP contribution in [0.15, 0.2) is 30.5 Å². The van der Waals surface area contributed by atoms with E-state index in [1.807, 2.05) is 50.8 Å². The molecule has 0 unspecified atom stereocenters. The summed E-state index contributed by atoms with van der Waals surface area (Å²) in [5.41, 5.74) is 4.32. The average molecular weight is 448 g/mol. The molecule has 172 valence electrons. The van der Waals surface area contributed by atoms with Crippen LogP contribution >= 0.6 is 0 Å². The van der Waals surface area contributed by atoms with Gasteiger partial charge in [-0.05, 0) is 58.7 Å². The summed E-state index contributed by atoms with van der Waals surface area (Å²) in [5.74, 6) is 0.958. The number of hydrogen-bond acceptors (Lipinski definition) is 6. The van der Waals surface area contributed by atoms with Gasteiger partial charge in [0.2, 0.25) is 11.8 Å². The molecule has 1 aliphatic rings. The fourth-order valence-corrected chi connectivity index (χ4v) is 4.25. The summed E-state index contributed by atoms with van der Waals surface area (Å²) in [5, 5.41) is 7.46. The van der Waals surface area contributed by atoms with Gasteiger partial charge in [-0.15, -0.1) is 0 Å². The third kappa shape index (κ3) is 5.08. The van der Waals surface area contributed by atoms with Crippen LogP contribution in [0.4, 0.5) is 5.82 Å². The van der Waals surface area contributed by atoms with Gasteiger partial charge in [0.25, 0.3) is 5.95 Å². The van der Waals surface area contributed by atoms with Crippen molar-refractivity contribution in [3.8, 4) is 5.95 Å². The number of carbonyl (C=O) groups is 2. The first-order valence-electron chi connectivity index (χ1n) is 11.2. The second kappa shape index (κ2) is 9.48. The number of nitrogens with zero attached hydrogens (tertiary/aromatic N) is 6. The van der Waals surface area contributed by atoms with E-state index in [1.165, 1.54) is 0 Å². The molecule has 1 N–H and O–H groups in total. The summed E-state index contributed by atoms with van der Waals surface area (Å²) in [4.78, 5) is 40.5. The van der Waals surface area contributed by atoms with Crippen molar-refractivity contribution in [2.75, 3.05) is 18.4 Å². The van der Waals surface area contributed by atoms with Crippen molar-refractivity contribution >= 4 is 17.6 Å². The predicted octanol–water partition coefficient (Wildman–Crippen LogP) is 2.71. The first kappa shape index (κ1) is 22.6. The van der Waals surface area contributed by atoms with Crippen LogP contribution in [0.25, 0.3) is 5.95 Å². The predicted molar refractivity (Wildman–Crippen MR) is 124 cm³/mol. The monoisotopic (exact) mass is 447 g/mol. The second-order valence-corrected chi connectivity index (χ2v) is 8.55. The van der Waals surface area contributed by atoms with E-state index in [9.17, 15) is 9.59 Å². The third-order valence-electron chi connectivity index (χ3n) is 6.06. The van der Waals surface area contributed by atoms with Gasteiger partial charge in [-0.2, -0.15) is 5.10 Å². The van der Waals surface area contributed by atoms with Crippen LogP contribution in [0.2, 0.25) is 0 Å². The Labute approximate surface area is 193 Å². The largest absolute Gasteiger partial charge is 0.342 e. The van der Waals surface area contributed by atoms with E-state index in [-0.39, 0.29) is 24.2 Å². The zero-order chi connectivity index (χ0) is 23.5. The number of rotatable bonds is 5. The Morgan fingerprint density at radius 1 is 1.06 bits per heavy atom. The molecule has 0 spiro atoms. The fourth-order valence-electron chi connectivity index (χ4n) is 4.25. The zero-order valence-electron chi connectivity index (χ0n) is 19.5. The van der Waals surface area contributed by atoms with Crippen molar-refractivity contribution in [1.82, 2.24) is 29.6 Å². The normalized spacial score (nSPS) is 14.4. The molecule has 33 heavy (non-hydrogen) atoms. The van der Waals surface area contributed by atoms with Gasteiger partial charge < -0.3 is 10.2 Å². The van der Waals surface area contributed by atoms with Crippen LogP contribution < -0.4 is 5.32 Å². The maximum atomic E-state index is 13.0. The SMILES string of the molecule is Cc1cc(C)nc(-n2nc(C)c(CC(=O)N3CCC(C(=O)Nc4ccccn4)CC3)c2C)n1. The highest BCUT2D eigenvalue weighted by molar-refractivity contribution is 5.91. The van der Waals surface area contributed by atoms with Gasteiger partial charge in [-0.3, -0.25) is 9.59 Å². The molecule has 0 radical (unpaired) electrons. The minimum Gasteiger partial charge on any atom is -0.342 e. The number of amides is 2. The summed E-state index contributed by atoms with van der Waals surface area (Å²) in [7, 11) is 0. The Bertz CT molecular complexity index is 1140. The number of pyridine rings is 1. The van der Waals surface area contributed by atoms with Gasteiger partial charge in [0.15, 0.2) is 0 Å². The van der Waals surface area contributed by atoms with E-state index < -0.39 is 0 Å². The quantitative estimate of drug-likeness (QED) is 0.645. The molecule has 0 aliphatic carbocycles. The summed E-state index contributed by atoms with van der Waals surface area (Å²) >= 11 is 0. The molecule has 2 amide bonds. The molecule has 3 aromatic rings. The molecule has 4 heterocycles. The first-order chi connectivity index (χ1) is 15.8. The molecule has 9 heteroatoms. The van der Waals surface area contributed by atoms with Crippen molar-refractivity contribution in [3.05, 3.63) is 58.8 Å². The summed E-state index contributed by atoms with van der Waals surface area (Å²) in [6.45, 7) is 8.82. The fraction of sp³-hybridized carbons (Fsp3) is 0.417. The summed E-state index contributed by atoms with van der Waals surface area (Å²) < 4.78 is 1.71. The van der Waals surface area contributed by atoms with Crippen molar-refractivity contribution in [1.29, 1.82) is 0 Å².